The number of pyridine rings is 1. The van der Waals surface area contributed by atoms with Crippen LogP contribution < -0.4 is 4.74 Å². The van der Waals surface area contributed by atoms with Crippen molar-refractivity contribution < 1.29 is 17.5 Å². The fourth-order valence-electron chi connectivity index (χ4n) is 2.48. The van der Waals surface area contributed by atoms with Crippen LogP contribution in [0.5, 0.6) is 5.75 Å². The molecule has 3 rings (SSSR count). The van der Waals surface area contributed by atoms with Gasteiger partial charge in [0, 0.05) is 22.9 Å². The molecule has 0 spiro atoms. The zero-order valence-corrected chi connectivity index (χ0v) is 14.1. The molecule has 6 heteroatoms. The molecular formula is C18H16FNO3S. The highest BCUT2D eigenvalue weighted by molar-refractivity contribution is 7.90. The average molecular weight is 345 g/mol. The number of hydrogen-bond acceptors (Lipinski definition) is 4. The highest BCUT2D eigenvalue weighted by atomic mass is 32.2. The van der Waals surface area contributed by atoms with Crippen LogP contribution in [0.15, 0.2) is 53.4 Å². The number of benzene rings is 2. The van der Waals surface area contributed by atoms with Gasteiger partial charge < -0.3 is 4.74 Å². The van der Waals surface area contributed by atoms with Crippen molar-refractivity contribution in [3.8, 4) is 5.75 Å². The molecule has 0 saturated heterocycles. The van der Waals surface area contributed by atoms with Crippen molar-refractivity contribution in [2.45, 2.75) is 18.4 Å². The van der Waals surface area contributed by atoms with Crippen LogP contribution in [0.4, 0.5) is 4.39 Å². The van der Waals surface area contributed by atoms with E-state index in [1.165, 1.54) is 24.3 Å². The number of aryl methyl sites for hydroxylation is 1. The van der Waals surface area contributed by atoms with Crippen LogP contribution in [0.2, 0.25) is 0 Å². The quantitative estimate of drug-likeness (QED) is 0.724. The van der Waals surface area contributed by atoms with Crippen LogP contribution in [-0.2, 0) is 16.4 Å². The summed E-state index contributed by atoms with van der Waals surface area (Å²) in [5, 5.41) is 0.702. The highest BCUT2D eigenvalue weighted by Crippen LogP contribution is 2.22. The number of fused-ring (bicyclic) bond motifs is 1. The van der Waals surface area contributed by atoms with Gasteiger partial charge in [0.15, 0.2) is 9.84 Å². The molecule has 0 aliphatic heterocycles. The first-order chi connectivity index (χ1) is 11.3. The van der Waals surface area contributed by atoms with Crippen molar-refractivity contribution in [2.24, 2.45) is 0 Å². The van der Waals surface area contributed by atoms with Crippen molar-refractivity contribution in [1.82, 2.24) is 4.98 Å². The summed E-state index contributed by atoms with van der Waals surface area (Å²) in [5.41, 5.74) is 2.35. The van der Waals surface area contributed by atoms with E-state index in [1.54, 1.807) is 18.2 Å². The third kappa shape index (κ3) is 3.54. The maximum absolute atomic E-state index is 13.5. The summed E-state index contributed by atoms with van der Waals surface area (Å²) in [6, 6.07) is 12.5. The summed E-state index contributed by atoms with van der Waals surface area (Å²) < 4.78 is 42.1. The van der Waals surface area contributed by atoms with Crippen molar-refractivity contribution in [3.05, 3.63) is 65.6 Å². The zero-order chi connectivity index (χ0) is 17.3. The number of rotatable bonds is 4. The third-order valence-electron chi connectivity index (χ3n) is 3.63. The predicted octanol–water partition coefficient (Wildman–Crippen LogP) is 3.66. The van der Waals surface area contributed by atoms with E-state index in [2.05, 4.69) is 4.98 Å². The van der Waals surface area contributed by atoms with Gasteiger partial charge in [-0.15, -0.1) is 0 Å². The molecule has 24 heavy (non-hydrogen) atoms. The van der Waals surface area contributed by atoms with Gasteiger partial charge in [0.1, 0.15) is 18.2 Å². The van der Waals surface area contributed by atoms with E-state index in [9.17, 15) is 12.8 Å². The summed E-state index contributed by atoms with van der Waals surface area (Å²) in [4.78, 5) is 4.62. The summed E-state index contributed by atoms with van der Waals surface area (Å²) in [6.07, 6.45) is 1.16. The zero-order valence-electron chi connectivity index (χ0n) is 13.3. The SMILES string of the molecule is Cc1cc(COc2ccc(S(C)(=O)=O)cc2)c2cc(F)ccc2n1. The van der Waals surface area contributed by atoms with Gasteiger partial charge in [-0.3, -0.25) is 4.98 Å². The predicted molar refractivity (Wildman–Crippen MR) is 90.3 cm³/mol. The van der Waals surface area contributed by atoms with Crippen LogP contribution in [0.3, 0.4) is 0 Å². The fraction of sp³-hybridized carbons (Fsp3) is 0.167. The minimum Gasteiger partial charge on any atom is -0.489 e. The Morgan fingerprint density at radius 2 is 1.79 bits per heavy atom. The Morgan fingerprint density at radius 1 is 1.08 bits per heavy atom. The first-order valence-electron chi connectivity index (χ1n) is 7.32. The first-order valence-corrected chi connectivity index (χ1v) is 9.21. The molecule has 4 nitrogen and oxygen atoms in total. The molecule has 124 valence electrons. The summed E-state index contributed by atoms with van der Waals surface area (Å²) in [7, 11) is -3.23. The Labute approximate surface area is 139 Å². The van der Waals surface area contributed by atoms with Gasteiger partial charge in [-0.05, 0) is 55.5 Å². The Morgan fingerprint density at radius 3 is 2.46 bits per heavy atom. The number of hydrogen-bond donors (Lipinski definition) is 0. The van der Waals surface area contributed by atoms with E-state index >= 15 is 0 Å². The van der Waals surface area contributed by atoms with E-state index in [0.29, 0.717) is 16.7 Å². The third-order valence-corrected chi connectivity index (χ3v) is 4.76. The Balaban J connectivity index is 1.87. The van der Waals surface area contributed by atoms with Gasteiger partial charge in [0.25, 0.3) is 0 Å². The molecule has 0 saturated carbocycles. The van der Waals surface area contributed by atoms with E-state index in [1.807, 2.05) is 13.0 Å². The second-order valence-electron chi connectivity index (χ2n) is 5.62. The lowest BCUT2D eigenvalue weighted by Crippen LogP contribution is -2.00. The standard InChI is InChI=1S/C18H16FNO3S/c1-12-9-13(17-10-14(19)3-8-18(17)20-12)11-23-15-4-6-16(7-5-15)24(2,21)22/h3-10H,11H2,1-2H3. The lowest BCUT2D eigenvalue weighted by Gasteiger charge is -2.10. The van der Waals surface area contributed by atoms with Crippen molar-refractivity contribution >= 4 is 20.7 Å². The lowest BCUT2D eigenvalue weighted by atomic mass is 10.1. The minimum atomic E-state index is -3.23. The summed E-state index contributed by atoms with van der Waals surface area (Å²) in [6.45, 7) is 2.11. The van der Waals surface area contributed by atoms with Crippen LogP contribution in [-0.4, -0.2) is 19.7 Å². The molecule has 0 radical (unpaired) electrons. The monoisotopic (exact) mass is 345 g/mol. The molecule has 0 bridgehead atoms. The van der Waals surface area contributed by atoms with Crippen LogP contribution in [0.25, 0.3) is 10.9 Å². The maximum atomic E-state index is 13.5. The van der Waals surface area contributed by atoms with Crippen molar-refractivity contribution in [2.75, 3.05) is 6.26 Å². The molecular weight excluding hydrogens is 329 g/mol. The number of halogens is 1. The van der Waals surface area contributed by atoms with Gasteiger partial charge in [-0.25, -0.2) is 12.8 Å². The van der Waals surface area contributed by atoms with Gasteiger partial charge in [-0.2, -0.15) is 0 Å². The largest absolute Gasteiger partial charge is 0.489 e. The van der Waals surface area contributed by atoms with Gasteiger partial charge >= 0.3 is 0 Å². The maximum Gasteiger partial charge on any atom is 0.175 e. The molecule has 2 aromatic carbocycles. The van der Waals surface area contributed by atoms with Gasteiger partial charge in [0.2, 0.25) is 0 Å². The van der Waals surface area contributed by atoms with Gasteiger partial charge in [-0.1, -0.05) is 0 Å². The smallest absolute Gasteiger partial charge is 0.175 e. The number of ether oxygens (including phenoxy) is 1. The lowest BCUT2D eigenvalue weighted by molar-refractivity contribution is 0.307. The van der Waals surface area contributed by atoms with E-state index in [4.69, 9.17) is 4.74 Å². The Kier molecular flexibility index (Phi) is 4.24. The van der Waals surface area contributed by atoms with E-state index < -0.39 is 9.84 Å². The molecule has 0 N–H and O–H groups in total. The Hall–Kier alpha value is -2.47. The van der Waals surface area contributed by atoms with E-state index in [0.717, 1.165) is 17.5 Å². The molecule has 0 aliphatic carbocycles. The van der Waals surface area contributed by atoms with E-state index in [-0.39, 0.29) is 17.3 Å². The molecule has 0 amide bonds. The number of sulfone groups is 1. The van der Waals surface area contributed by atoms with Crippen molar-refractivity contribution in [3.63, 3.8) is 0 Å². The van der Waals surface area contributed by atoms with Crippen LogP contribution in [0.1, 0.15) is 11.3 Å². The molecule has 0 unspecified atom stereocenters. The fourth-order valence-corrected chi connectivity index (χ4v) is 3.11. The summed E-state index contributed by atoms with van der Waals surface area (Å²) >= 11 is 0. The molecule has 0 aliphatic rings. The second kappa shape index (κ2) is 6.20. The molecule has 1 heterocycles. The van der Waals surface area contributed by atoms with Crippen molar-refractivity contribution in [1.29, 1.82) is 0 Å². The molecule has 0 fully saturated rings. The molecule has 0 atom stereocenters. The normalized spacial score (nSPS) is 11.6. The second-order valence-corrected chi connectivity index (χ2v) is 7.63. The topological polar surface area (TPSA) is 56.3 Å². The first kappa shape index (κ1) is 16.4. The van der Waals surface area contributed by atoms with Crippen LogP contribution >= 0.6 is 0 Å². The number of aromatic nitrogens is 1. The molecule has 1 aromatic heterocycles. The highest BCUT2D eigenvalue weighted by Gasteiger charge is 2.09. The Bertz CT molecular complexity index is 999. The number of nitrogens with zero attached hydrogens (tertiary/aromatic N) is 1. The van der Waals surface area contributed by atoms with Crippen LogP contribution in [0, 0.1) is 12.7 Å². The minimum absolute atomic E-state index is 0.238. The average Bonchev–Trinajstić information content (AvgIpc) is 2.52. The molecule has 3 aromatic rings. The van der Waals surface area contributed by atoms with Gasteiger partial charge in [0.05, 0.1) is 10.4 Å². The summed E-state index contributed by atoms with van der Waals surface area (Å²) in [5.74, 6) is 0.216.